The molecule has 3 rings (SSSR count). The van der Waals surface area contributed by atoms with E-state index < -0.39 is 0 Å². The van der Waals surface area contributed by atoms with E-state index in [1.165, 1.54) is 6.07 Å². The summed E-state index contributed by atoms with van der Waals surface area (Å²) in [7, 11) is 0. The van der Waals surface area contributed by atoms with Gasteiger partial charge < -0.3 is 4.98 Å². The molecule has 20 heavy (non-hydrogen) atoms. The number of aryl methyl sites for hydroxylation is 1. The van der Waals surface area contributed by atoms with E-state index in [1.54, 1.807) is 16.8 Å². The summed E-state index contributed by atoms with van der Waals surface area (Å²) in [5.41, 5.74) is 3.11. The molecule has 0 radical (unpaired) electrons. The van der Waals surface area contributed by atoms with Crippen molar-refractivity contribution in [1.29, 1.82) is 0 Å². The monoisotopic (exact) mass is 415 g/mol. The van der Waals surface area contributed by atoms with Gasteiger partial charge in [0.2, 0.25) is 0 Å². The Labute approximate surface area is 136 Å². The lowest BCUT2D eigenvalue weighted by Crippen LogP contribution is -1.99. The number of benzene rings is 1. The second-order valence-corrected chi connectivity index (χ2v) is 6.50. The lowest BCUT2D eigenvalue weighted by Gasteiger charge is -2.09. The number of rotatable bonds is 1. The van der Waals surface area contributed by atoms with Gasteiger partial charge >= 0.3 is 0 Å². The van der Waals surface area contributed by atoms with Crippen LogP contribution in [0.3, 0.4) is 0 Å². The van der Waals surface area contributed by atoms with Crippen LogP contribution in [0.5, 0.6) is 0 Å². The number of hydrogen-bond acceptors (Lipinski definition) is 2. The topological polar surface area (TPSA) is 33.6 Å². The molecule has 0 saturated carbocycles. The largest absolute Gasteiger partial charge is 0.329 e. The lowest BCUT2D eigenvalue weighted by molar-refractivity contribution is 0.619. The molecule has 0 spiro atoms. The first kappa shape index (κ1) is 13.9. The summed E-state index contributed by atoms with van der Waals surface area (Å²) in [6, 6.07) is 5.08. The van der Waals surface area contributed by atoms with Crippen LogP contribution in [0.15, 0.2) is 33.3 Å². The zero-order valence-corrected chi connectivity index (χ0v) is 14.2. The van der Waals surface area contributed by atoms with Crippen LogP contribution in [0.25, 0.3) is 16.9 Å². The molecule has 3 nitrogen and oxygen atoms in total. The Morgan fingerprint density at radius 3 is 2.80 bits per heavy atom. The third-order valence-corrected chi connectivity index (χ3v) is 4.30. The minimum Gasteiger partial charge on any atom is -0.329 e. The highest BCUT2D eigenvalue weighted by atomic mass is 79.9. The van der Waals surface area contributed by atoms with Gasteiger partial charge in [-0.2, -0.15) is 0 Å². The molecule has 0 atom stereocenters. The maximum atomic E-state index is 13.6. The van der Waals surface area contributed by atoms with E-state index in [2.05, 4.69) is 41.8 Å². The number of nitrogens with zero attached hydrogens (tertiary/aromatic N) is 2. The zero-order chi connectivity index (χ0) is 14.4. The molecule has 0 fully saturated rings. The SMILES string of the molecule is Cc1cc(F)c(Br)cc1-n1c(=S)[nH]c2cc(Br)cnc21. The van der Waals surface area contributed by atoms with Gasteiger partial charge in [-0.3, -0.25) is 4.57 Å². The molecule has 0 aliphatic heterocycles. The van der Waals surface area contributed by atoms with E-state index in [4.69, 9.17) is 12.2 Å². The summed E-state index contributed by atoms with van der Waals surface area (Å²) in [6.45, 7) is 1.84. The quantitative estimate of drug-likeness (QED) is 0.562. The molecule has 7 heteroatoms. The fraction of sp³-hybridized carbons (Fsp3) is 0.0769. The van der Waals surface area contributed by atoms with Crippen LogP contribution in [0.2, 0.25) is 0 Å². The van der Waals surface area contributed by atoms with Crippen molar-refractivity contribution in [3.8, 4) is 5.69 Å². The summed E-state index contributed by atoms with van der Waals surface area (Å²) >= 11 is 11.9. The van der Waals surface area contributed by atoms with Gasteiger partial charge in [-0.25, -0.2) is 9.37 Å². The van der Waals surface area contributed by atoms with Gasteiger partial charge in [0.1, 0.15) is 5.82 Å². The Morgan fingerprint density at radius 1 is 1.30 bits per heavy atom. The Morgan fingerprint density at radius 2 is 2.05 bits per heavy atom. The predicted molar refractivity (Wildman–Crippen MR) is 86.3 cm³/mol. The van der Waals surface area contributed by atoms with E-state index in [-0.39, 0.29) is 5.82 Å². The molecular formula is C13H8Br2FN3S. The van der Waals surface area contributed by atoms with Crippen LogP contribution in [0.4, 0.5) is 4.39 Å². The molecule has 1 N–H and O–H groups in total. The molecule has 0 amide bonds. The third kappa shape index (κ3) is 2.23. The number of halogens is 3. The van der Waals surface area contributed by atoms with Crippen molar-refractivity contribution in [2.45, 2.75) is 6.92 Å². The van der Waals surface area contributed by atoms with Crippen LogP contribution >= 0.6 is 44.1 Å². The molecule has 0 aliphatic rings. The summed E-state index contributed by atoms with van der Waals surface area (Å²) in [6.07, 6.45) is 1.70. The van der Waals surface area contributed by atoms with Crippen molar-refractivity contribution in [3.05, 3.63) is 49.5 Å². The number of hydrogen-bond donors (Lipinski definition) is 1. The maximum Gasteiger partial charge on any atom is 0.184 e. The number of nitrogens with one attached hydrogen (secondary N) is 1. The van der Waals surface area contributed by atoms with Crippen LogP contribution in [-0.2, 0) is 0 Å². The minimum absolute atomic E-state index is 0.298. The van der Waals surface area contributed by atoms with Crippen LogP contribution in [-0.4, -0.2) is 14.5 Å². The van der Waals surface area contributed by atoms with Gasteiger partial charge in [0, 0.05) is 10.7 Å². The second kappa shape index (κ2) is 5.05. The van der Waals surface area contributed by atoms with Crippen LogP contribution < -0.4 is 0 Å². The maximum absolute atomic E-state index is 13.6. The van der Waals surface area contributed by atoms with Crippen molar-refractivity contribution >= 4 is 55.2 Å². The molecule has 2 aromatic heterocycles. The van der Waals surface area contributed by atoms with Crippen molar-refractivity contribution in [2.24, 2.45) is 0 Å². The second-order valence-electron chi connectivity index (χ2n) is 4.34. The van der Waals surface area contributed by atoms with Crippen molar-refractivity contribution < 1.29 is 4.39 Å². The van der Waals surface area contributed by atoms with Gasteiger partial charge in [0.25, 0.3) is 0 Å². The van der Waals surface area contributed by atoms with Crippen molar-refractivity contribution in [1.82, 2.24) is 14.5 Å². The van der Waals surface area contributed by atoms with E-state index >= 15 is 0 Å². The van der Waals surface area contributed by atoms with Crippen LogP contribution in [0.1, 0.15) is 5.56 Å². The van der Waals surface area contributed by atoms with Gasteiger partial charge in [0.05, 0.1) is 15.7 Å². The van der Waals surface area contributed by atoms with Gasteiger partial charge in [-0.05, 0) is 74.8 Å². The number of aromatic amines is 1. The molecule has 1 aromatic carbocycles. The summed E-state index contributed by atoms with van der Waals surface area (Å²) < 4.78 is 17.1. The van der Waals surface area contributed by atoms with E-state index in [0.29, 0.717) is 14.9 Å². The number of fused-ring (bicyclic) bond motifs is 1. The fourth-order valence-corrected chi connectivity index (χ4v) is 3.03. The van der Waals surface area contributed by atoms with Gasteiger partial charge in [0.15, 0.2) is 10.4 Å². The highest BCUT2D eigenvalue weighted by molar-refractivity contribution is 9.10. The van der Waals surface area contributed by atoms with Crippen LogP contribution in [0, 0.1) is 17.5 Å². The van der Waals surface area contributed by atoms with E-state index in [1.807, 2.05) is 13.0 Å². The van der Waals surface area contributed by atoms with Gasteiger partial charge in [-0.1, -0.05) is 0 Å². The number of H-pyrrole nitrogens is 1. The molecule has 2 heterocycles. The fourth-order valence-electron chi connectivity index (χ4n) is 2.07. The third-order valence-electron chi connectivity index (χ3n) is 2.97. The normalized spacial score (nSPS) is 11.2. The smallest absolute Gasteiger partial charge is 0.184 e. The first-order valence-electron chi connectivity index (χ1n) is 5.69. The number of imidazole rings is 1. The minimum atomic E-state index is -0.298. The number of aromatic nitrogens is 3. The first-order valence-corrected chi connectivity index (χ1v) is 7.69. The predicted octanol–water partition coefficient (Wildman–Crippen LogP) is 5.06. The Kier molecular flexibility index (Phi) is 3.51. The molecule has 102 valence electrons. The highest BCUT2D eigenvalue weighted by Crippen LogP contribution is 2.27. The van der Waals surface area contributed by atoms with Crippen molar-refractivity contribution in [3.63, 3.8) is 0 Å². The summed E-state index contributed by atoms with van der Waals surface area (Å²) in [4.78, 5) is 7.48. The lowest BCUT2D eigenvalue weighted by atomic mass is 10.2. The van der Waals surface area contributed by atoms with Gasteiger partial charge in [-0.15, -0.1) is 0 Å². The average molecular weight is 417 g/mol. The highest BCUT2D eigenvalue weighted by Gasteiger charge is 2.12. The number of pyridine rings is 1. The molecule has 0 aliphatic carbocycles. The zero-order valence-electron chi connectivity index (χ0n) is 10.2. The Hall–Kier alpha value is -1.05. The molecular weight excluding hydrogens is 409 g/mol. The Balaban J connectivity index is 2.38. The summed E-state index contributed by atoms with van der Waals surface area (Å²) in [5.74, 6) is -0.298. The molecule has 0 saturated heterocycles. The standard InChI is InChI=1S/C13H8Br2FN3S/c1-6-2-9(16)8(15)4-11(6)19-12-10(18-13(19)20)3-7(14)5-17-12/h2-5H,1H3,(H,18,20). The molecule has 0 bridgehead atoms. The molecule has 3 aromatic rings. The van der Waals surface area contributed by atoms with E-state index in [0.717, 1.165) is 21.2 Å². The van der Waals surface area contributed by atoms with Crippen molar-refractivity contribution in [2.75, 3.05) is 0 Å². The first-order chi connectivity index (χ1) is 9.47. The molecule has 0 unspecified atom stereocenters. The van der Waals surface area contributed by atoms with E-state index in [9.17, 15) is 4.39 Å². The summed E-state index contributed by atoms with van der Waals surface area (Å²) in [5, 5.41) is 0. The average Bonchev–Trinajstić information content (AvgIpc) is 2.69. The Bertz CT molecular complexity index is 885.